The molecule has 1 aliphatic carbocycles. The van der Waals surface area contributed by atoms with E-state index in [1.807, 2.05) is 0 Å². The molecule has 0 radical (unpaired) electrons. The Labute approximate surface area is 118 Å². The molecule has 0 spiro atoms. The number of hydrazone groups is 1. The van der Waals surface area contributed by atoms with Crippen molar-refractivity contribution in [1.82, 2.24) is 5.43 Å². The summed E-state index contributed by atoms with van der Waals surface area (Å²) < 4.78 is 0. The van der Waals surface area contributed by atoms with Gasteiger partial charge in [-0.1, -0.05) is 17.7 Å². The van der Waals surface area contributed by atoms with Crippen molar-refractivity contribution in [2.75, 3.05) is 5.75 Å². The Morgan fingerprint density at radius 1 is 1.26 bits per heavy atom. The number of carbonyl (C=O) groups excluding carboxylic acids is 1. The summed E-state index contributed by atoms with van der Waals surface area (Å²) in [5, 5.41) is 4.17. The summed E-state index contributed by atoms with van der Waals surface area (Å²) in [5.74, 6) is 0.804. The van der Waals surface area contributed by atoms with Gasteiger partial charge < -0.3 is 0 Å². The average Bonchev–Trinajstić information content (AvgIpc) is 2.92. The Balaban J connectivity index is 1.66. The van der Waals surface area contributed by atoms with E-state index in [1.54, 1.807) is 11.8 Å². The topological polar surface area (TPSA) is 41.5 Å². The van der Waals surface area contributed by atoms with Crippen molar-refractivity contribution in [3.05, 3.63) is 29.8 Å². The molecular weight excluding hydrogens is 256 g/mol. The van der Waals surface area contributed by atoms with E-state index in [0.29, 0.717) is 6.42 Å². The summed E-state index contributed by atoms with van der Waals surface area (Å²) in [5.41, 5.74) is 5.05. The van der Waals surface area contributed by atoms with E-state index < -0.39 is 0 Å². The van der Waals surface area contributed by atoms with E-state index in [1.165, 1.54) is 23.3 Å². The highest BCUT2D eigenvalue weighted by molar-refractivity contribution is 7.99. The molecular formula is C15H20N2OS. The molecule has 0 aromatic heterocycles. The normalized spacial score (nSPS) is 14.5. The number of amides is 1. The first-order chi connectivity index (χ1) is 9.24. The van der Waals surface area contributed by atoms with Gasteiger partial charge in [0, 0.05) is 22.8 Å². The number of benzene rings is 1. The number of carbonyl (C=O) groups is 1. The van der Waals surface area contributed by atoms with Crippen molar-refractivity contribution in [1.29, 1.82) is 0 Å². The van der Waals surface area contributed by atoms with Crippen LogP contribution in [0.1, 0.15) is 37.7 Å². The number of hydrogen-bond donors (Lipinski definition) is 1. The maximum atomic E-state index is 11.6. The van der Waals surface area contributed by atoms with Crippen LogP contribution in [0.25, 0.3) is 0 Å². The lowest BCUT2D eigenvalue weighted by Crippen LogP contribution is -2.19. The first-order valence-electron chi connectivity index (χ1n) is 6.78. The van der Waals surface area contributed by atoms with Gasteiger partial charge in [0.25, 0.3) is 0 Å². The Hall–Kier alpha value is -1.29. The van der Waals surface area contributed by atoms with Crippen molar-refractivity contribution in [3.8, 4) is 0 Å². The number of nitrogens with zero attached hydrogens (tertiary/aromatic N) is 1. The zero-order valence-electron chi connectivity index (χ0n) is 11.3. The molecule has 0 bridgehead atoms. The molecule has 19 heavy (non-hydrogen) atoms. The Bertz CT molecular complexity index is 446. The molecule has 0 unspecified atom stereocenters. The summed E-state index contributed by atoms with van der Waals surface area (Å²) >= 11 is 1.71. The fraction of sp³-hybridized carbons (Fsp3) is 0.467. The Morgan fingerprint density at radius 3 is 2.63 bits per heavy atom. The number of hydrogen-bond acceptors (Lipinski definition) is 3. The largest absolute Gasteiger partial charge is 0.273 e. The smallest absolute Gasteiger partial charge is 0.240 e. The Kier molecular flexibility index (Phi) is 5.45. The highest BCUT2D eigenvalue weighted by Gasteiger charge is 2.08. The van der Waals surface area contributed by atoms with Gasteiger partial charge in [-0.2, -0.15) is 5.10 Å². The molecule has 2 rings (SSSR count). The van der Waals surface area contributed by atoms with Gasteiger partial charge in [0.05, 0.1) is 0 Å². The molecule has 1 aromatic carbocycles. The SMILES string of the molecule is Cc1ccc(SCCC(=O)NN=C2CCCC2)cc1. The zero-order chi connectivity index (χ0) is 13.5. The van der Waals surface area contributed by atoms with Gasteiger partial charge in [-0.25, -0.2) is 5.43 Å². The van der Waals surface area contributed by atoms with Crippen LogP contribution >= 0.6 is 11.8 Å². The van der Waals surface area contributed by atoms with Crippen LogP contribution in [0.4, 0.5) is 0 Å². The molecule has 0 saturated heterocycles. The first kappa shape index (κ1) is 14.1. The highest BCUT2D eigenvalue weighted by atomic mass is 32.2. The van der Waals surface area contributed by atoms with Crippen LogP contribution in [-0.4, -0.2) is 17.4 Å². The Morgan fingerprint density at radius 2 is 1.95 bits per heavy atom. The van der Waals surface area contributed by atoms with E-state index in [9.17, 15) is 4.79 Å². The minimum absolute atomic E-state index is 0.0130. The molecule has 1 N–H and O–H groups in total. The van der Waals surface area contributed by atoms with Gasteiger partial charge in [0.1, 0.15) is 0 Å². The van der Waals surface area contributed by atoms with E-state index in [-0.39, 0.29) is 5.91 Å². The van der Waals surface area contributed by atoms with Gasteiger partial charge in [0.2, 0.25) is 5.91 Å². The molecule has 0 atom stereocenters. The fourth-order valence-corrected chi connectivity index (χ4v) is 2.84. The second-order valence-corrected chi connectivity index (χ2v) is 6.00. The predicted molar refractivity (Wildman–Crippen MR) is 80.6 cm³/mol. The number of nitrogens with one attached hydrogen (secondary N) is 1. The van der Waals surface area contributed by atoms with Gasteiger partial charge in [-0.3, -0.25) is 4.79 Å². The van der Waals surface area contributed by atoms with Crippen molar-refractivity contribution in [3.63, 3.8) is 0 Å². The molecule has 4 heteroatoms. The van der Waals surface area contributed by atoms with E-state index >= 15 is 0 Å². The van der Waals surface area contributed by atoms with E-state index in [4.69, 9.17) is 0 Å². The summed E-state index contributed by atoms with van der Waals surface area (Å²) in [4.78, 5) is 12.8. The third kappa shape index (κ3) is 5.07. The van der Waals surface area contributed by atoms with Gasteiger partial charge >= 0.3 is 0 Å². The average molecular weight is 276 g/mol. The summed E-state index contributed by atoms with van der Waals surface area (Å²) in [7, 11) is 0. The molecule has 1 amide bonds. The second-order valence-electron chi connectivity index (χ2n) is 4.83. The van der Waals surface area contributed by atoms with Crippen molar-refractivity contribution in [2.24, 2.45) is 5.10 Å². The number of aryl methyl sites for hydroxylation is 1. The van der Waals surface area contributed by atoms with E-state index in [2.05, 4.69) is 41.7 Å². The highest BCUT2D eigenvalue weighted by Crippen LogP contribution is 2.19. The molecule has 1 saturated carbocycles. The van der Waals surface area contributed by atoms with E-state index in [0.717, 1.165) is 24.3 Å². The molecule has 3 nitrogen and oxygen atoms in total. The van der Waals surface area contributed by atoms with Crippen molar-refractivity contribution < 1.29 is 4.79 Å². The number of thioether (sulfide) groups is 1. The second kappa shape index (κ2) is 7.34. The molecule has 1 aliphatic rings. The van der Waals surface area contributed by atoms with Crippen LogP contribution in [0.3, 0.4) is 0 Å². The van der Waals surface area contributed by atoms with Gasteiger partial charge in [0.15, 0.2) is 0 Å². The van der Waals surface area contributed by atoms with Crippen LogP contribution in [0.2, 0.25) is 0 Å². The lowest BCUT2D eigenvalue weighted by molar-refractivity contribution is -0.120. The lowest BCUT2D eigenvalue weighted by Gasteiger charge is -2.02. The third-order valence-corrected chi connectivity index (χ3v) is 4.15. The van der Waals surface area contributed by atoms with Crippen molar-refractivity contribution >= 4 is 23.4 Å². The minimum Gasteiger partial charge on any atom is -0.273 e. The monoisotopic (exact) mass is 276 g/mol. The van der Waals surface area contributed by atoms with Crippen LogP contribution in [0.5, 0.6) is 0 Å². The number of rotatable bonds is 5. The molecule has 1 fully saturated rings. The standard InChI is InChI=1S/C15H20N2OS/c1-12-6-8-14(9-7-12)19-11-10-15(18)17-16-13-4-2-3-5-13/h6-9H,2-5,10-11H2,1H3,(H,17,18). The van der Waals surface area contributed by atoms with Gasteiger partial charge in [-0.05, 0) is 44.7 Å². The first-order valence-corrected chi connectivity index (χ1v) is 7.76. The fourth-order valence-electron chi connectivity index (χ4n) is 1.99. The van der Waals surface area contributed by atoms with Crippen LogP contribution in [0.15, 0.2) is 34.3 Å². The molecule has 0 heterocycles. The summed E-state index contributed by atoms with van der Waals surface area (Å²) in [6, 6.07) is 8.37. The van der Waals surface area contributed by atoms with Crippen LogP contribution in [-0.2, 0) is 4.79 Å². The zero-order valence-corrected chi connectivity index (χ0v) is 12.1. The molecule has 102 valence electrons. The molecule has 1 aromatic rings. The maximum Gasteiger partial charge on any atom is 0.240 e. The summed E-state index contributed by atoms with van der Waals surface area (Å²) in [6.07, 6.45) is 5.00. The predicted octanol–water partition coefficient (Wildman–Crippen LogP) is 3.52. The summed E-state index contributed by atoms with van der Waals surface area (Å²) in [6.45, 7) is 2.07. The third-order valence-electron chi connectivity index (χ3n) is 3.14. The lowest BCUT2D eigenvalue weighted by atomic mass is 10.2. The molecule has 0 aliphatic heterocycles. The van der Waals surface area contributed by atoms with Crippen molar-refractivity contribution in [2.45, 2.75) is 43.9 Å². The van der Waals surface area contributed by atoms with Crippen LogP contribution < -0.4 is 5.43 Å². The quantitative estimate of drug-likeness (QED) is 0.660. The minimum atomic E-state index is 0.0130. The maximum absolute atomic E-state index is 11.6. The van der Waals surface area contributed by atoms with Crippen LogP contribution in [0, 0.1) is 6.92 Å². The van der Waals surface area contributed by atoms with Gasteiger partial charge in [-0.15, -0.1) is 11.8 Å².